The van der Waals surface area contributed by atoms with Gasteiger partial charge in [0.15, 0.2) is 9.84 Å². The van der Waals surface area contributed by atoms with Crippen LogP contribution in [0.1, 0.15) is 30.1 Å². The van der Waals surface area contributed by atoms with Gasteiger partial charge in [0.25, 0.3) is 5.56 Å². The monoisotopic (exact) mass is 258 g/mol. The van der Waals surface area contributed by atoms with Crippen molar-refractivity contribution in [1.29, 1.82) is 0 Å². The maximum absolute atomic E-state index is 12.1. The van der Waals surface area contributed by atoms with Crippen molar-refractivity contribution in [2.75, 3.05) is 13.2 Å². The van der Waals surface area contributed by atoms with Crippen molar-refractivity contribution < 1.29 is 13.2 Å². The van der Waals surface area contributed by atoms with E-state index in [2.05, 4.69) is 5.10 Å². The second kappa shape index (κ2) is 3.71. The molecule has 17 heavy (non-hydrogen) atoms. The summed E-state index contributed by atoms with van der Waals surface area (Å²) in [6.45, 7) is 1.30. The average molecular weight is 258 g/mol. The van der Waals surface area contributed by atoms with Gasteiger partial charge in [0.2, 0.25) is 0 Å². The summed E-state index contributed by atoms with van der Waals surface area (Å²) < 4.78 is 29.6. The minimum atomic E-state index is -3.10. The van der Waals surface area contributed by atoms with Crippen molar-refractivity contribution in [2.24, 2.45) is 0 Å². The second-order valence-electron chi connectivity index (χ2n) is 4.62. The molecule has 2 aliphatic heterocycles. The fourth-order valence-corrected chi connectivity index (χ4v) is 4.02. The Kier molecular flexibility index (Phi) is 2.41. The van der Waals surface area contributed by atoms with E-state index >= 15 is 0 Å². The lowest BCUT2D eigenvalue weighted by molar-refractivity contribution is 0.0652. The van der Waals surface area contributed by atoms with E-state index < -0.39 is 9.84 Å². The zero-order valence-electron chi connectivity index (χ0n) is 9.31. The molecule has 94 valence electrons. The van der Waals surface area contributed by atoms with E-state index in [-0.39, 0.29) is 23.1 Å². The maximum atomic E-state index is 12.1. The second-order valence-corrected chi connectivity index (χ2v) is 6.68. The number of aromatic amines is 1. The molecule has 0 spiro atoms. The molecule has 0 unspecified atom stereocenters. The zero-order chi connectivity index (χ0) is 12.0. The van der Waals surface area contributed by atoms with Crippen LogP contribution in [-0.4, -0.2) is 31.4 Å². The minimum Gasteiger partial charge on any atom is -0.381 e. The molecule has 7 heteroatoms. The van der Waals surface area contributed by atoms with Crippen LogP contribution in [0.15, 0.2) is 4.79 Å². The fraction of sp³-hybridized carbons (Fsp3) is 0.700. The van der Waals surface area contributed by atoms with E-state index in [9.17, 15) is 13.2 Å². The van der Waals surface area contributed by atoms with E-state index in [1.807, 2.05) is 0 Å². The highest BCUT2D eigenvalue weighted by Gasteiger charge is 2.32. The number of fused-ring (bicyclic) bond motifs is 1. The maximum Gasteiger partial charge on any atom is 0.271 e. The van der Waals surface area contributed by atoms with Gasteiger partial charge in [-0.15, -0.1) is 0 Å². The predicted octanol–water partition coefficient (Wildman–Crippen LogP) is -0.0437. The SMILES string of the molecule is O=c1c2c([nH]n1C1CCOCC1)CS(=O)(=O)C2. The van der Waals surface area contributed by atoms with Gasteiger partial charge >= 0.3 is 0 Å². The summed E-state index contributed by atoms with van der Waals surface area (Å²) in [6, 6.07) is 0.115. The third-order valence-corrected chi connectivity index (χ3v) is 4.84. The van der Waals surface area contributed by atoms with Crippen LogP contribution >= 0.6 is 0 Å². The molecule has 1 saturated heterocycles. The van der Waals surface area contributed by atoms with Crippen LogP contribution in [0, 0.1) is 0 Å². The van der Waals surface area contributed by atoms with E-state index in [1.165, 1.54) is 0 Å². The topological polar surface area (TPSA) is 81.2 Å². The van der Waals surface area contributed by atoms with Crippen molar-refractivity contribution in [3.05, 3.63) is 21.6 Å². The Hall–Kier alpha value is -1.08. The molecule has 3 heterocycles. The van der Waals surface area contributed by atoms with Crippen molar-refractivity contribution >= 4 is 9.84 Å². The van der Waals surface area contributed by atoms with Gasteiger partial charge in [-0.3, -0.25) is 9.89 Å². The molecule has 0 amide bonds. The van der Waals surface area contributed by atoms with Crippen molar-refractivity contribution in [3.63, 3.8) is 0 Å². The molecule has 2 aliphatic rings. The Balaban J connectivity index is 1.97. The summed E-state index contributed by atoms with van der Waals surface area (Å²) in [5, 5.41) is 2.96. The van der Waals surface area contributed by atoms with Crippen LogP contribution in [0.3, 0.4) is 0 Å². The van der Waals surface area contributed by atoms with Gasteiger partial charge in [-0.05, 0) is 12.8 Å². The van der Waals surface area contributed by atoms with Crippen LogP contribution in [0.2, 0.25) is 0 Å². The Morgan fingerprint density at radius 1 is 1.24 bits per heavy atom. The standard InChI is InChI=1S/C10H14N2O4S/c13-10-8-5-17(14,15)6-9(8)11-12(10)7-1-3-16-4-2-7/h7,11H,1-6H2. The van der Waals surface area contributed by atoms with Crippen LogP contribution in [0.5, 0.6) is 0 Å². The fourth-order valence-electron chi connectivity index (χ4n) is 2.50. The number of nitrogens with one attached hydrogen (secondary N) is 1. The lowest BCUT2D eigenvalue weighted by Crippen LogP contribution is -2.29. The first kappa shape index (κ1) is 11.0. The lowest BCUT2D eigenvalue weighted by atomic mass is 10.1. The van der Waals surface area contributed by atoms with Gasteiger partial charge in [-0.2, -0.15) is 0 Å². The first-order valence-electron chi connectivity index (χ1n) is 5.67. The first-order chi connectivity index (χ1) is 8.07. The van der Waals surface area contributed by atoms with Gasteiger partial charge in [0.05, 0.1) is 28.8 Å². The van der Waals surface area contributed by atoms with Crippen LogP contribution in [-0.2, 0) is 26.1 Å². The molecule has 0 bridgehead atoms. The van der Waals surface area contributed by atoms with Crippen molar-refractivity contribution in [3.8, 4) is 0 Å². The number of ether oxygens (including phenoxy) is 1. The summed E-state index contributed by atoms with van der Waals surface area (Å²) in [5.74, 6) is -0.151. The Morgan fingerprint density at radius 2 is 1.94 bits per heavy atom. The molecule has 0 atom stereocenters. The molecular weight excluding hydrogens is 244 g/mol. The summed E-state index contributed by atoms with van der Waals surface area (Å²) in [7, 11) is -3.10. The van der Waals surface area contributed by atoms with Crippen LogP contribution < -0.4 is 5.56 Å². The molecule has 1 N–H and O–H groups in total. The number of hydrogen-bond donors (Lipinski definition) is 1. The van der Waals surface area contributed by atoms with E-state index in [1.54, 1.807) is 4.68 Å². The normalized spacial score (nSPS) is 23.8. The molecule has 0 radical (unpaired) electrons. The van der Waals surface area contributed by atoms with Gasteiger partial charge < -0.3 is 4.74 Å². The molecule has 3 rings (SSSR count). The summed E-state index contributed by atoms with van der Waals surface area (Å²) in [4.78, 5) is 12.1. The Labute approximate surface area is 98.5 Å². The molecule has 1 fully saturated rings. The Morgan fingerprint density at radius 3 is 2.59 bits per heavy atom. The van der Waals surface area contributed by atoms with Gasteiger partial charge in [-0.1, -0.05) is 0 Å². The number of H-pyrrole nitrogens is 1. The number of sulfone groups is 1. The Bertz CT molecular complexity index is 592. The number of aromatic nitrogens is 2. The molecule has 1 aromatic heterocycles. The molecular formula is C10H14N2O4S. The van der Waals surface area contributed by atoms with E-state index in [0.717, 1.165) is 12.8 Å². The largest absolute Gasteiger partial charge is 0.381 e. The van der Waals surface area contributed by atoms with Crippen molar-refractivity contribution in [1.82, 2.24) is 9.78 Å². The van der Waals surface area contributed by atoms with Gasteiger partial charge in [0, 0.05) is 13.2 Å². The highest BCUT2D eigenvalue weighted by atomic mass is 32.2. The highest BCUT2D eigenvalue weighted by molar-refractivity contribution is 7.90. The summed E-state index contributed by atoms with van der Waals surface area (Å²) in [5.41, 5.74) is 0.825. The average Bonchev–Trinajstić information content (AvgIpc) is 2.75. The number of rotatable bonds is 1. The van der Waals surface area contributed by atoms with Crippen LogP contribution in [0.4, 0.5) is 0 Å². The summed E-state index contributed by atoms with van der Waals surface area (Å²) >= 11 is 0. The molecule has 1 aromatic rings. The smallest absolute Gasteiger partial charge is 0.271 e. The predicted molar refractivity (Wildman–Crippen MR) is 60.5 cm³/mol. The molecule has 6 nitrogen and oxygen atoms in total. The first-order valence-corrected chi connectivity index (χ1v) is 7.49. The van der Waals surface area contributed by atoms with E-state index in [4.69, 9.17) is 4.74 Å². The zero-order valence-corrected chi connectivity index (χ0v) is 10.1. The number of nitrogens with zero attached hydrogens (tertiary/aromatic N) is 1. The van der Waals surface area contributed by atoms with Crippen LogP contribution in [0.25, 0.3) is 0 Å². The van der Waals surface area contributed by atoms with E-state index in [0.29, 0.717) is 24.5 Å². The molecule has 0 saturated carbocycles. The molecule has 0 aliphatic carbocycles. The third-order valence-electron chi connectivity index (χ3n) is 3.38. The number of hydrogen-bond acceptors (Lipinski definition) is 4. The quantitative estimate of drug-likeness (QED) is 0.766. The highest BCUT2D eigenvalue weighted by Crippen LogP contribution is 2.24. The van der Waals surface area contributed by atoms with Gasteiger partial charge in [-0.25, -0.2) is 13.1 Å². The minimum absolute atomic E-state index is 0.0339. The van der Waals surface area contributed by atoms with Gasteiger partial charge in [0.1, 0.15) is 0 Å². The summed E-state index contributed by atoms with van der Waals surface area (Å²) in [6.07, 6.45) is 1.60. The lowest BCUT2D eigenvalue weighted by Gasteiger charge is -2.22. The molecule has 0 aromatic carbocycles. The van der Waals surface area contributed by atoms with Crippen molar-refractivity contribution in [2.45, 2.75) is 30.4 Å². The third kappa shape index (κ3) is 1.83.